The minimum atomic E-state index is 0.260. The van der Waals surface area contributed by atoms with E-state index in [4.69, 9.17) is 0 Å². The van der Waals surface area contributed by atoms with Gasteiger partial charge in [0, 0.05) is 12.1 Å². The van der Waals surface area contributed by atoms with Crippen LogP contribution in [-0.4, -0.2) is 0 Å². The Hall–Kier alpha value is -1.41. The van der Waals surface area contributed by atoms with E-state index >= 15 is 0 Å². The maximum absolute atomic E-state index is 3.88. The van der Waals surface area contributed by atoms with Crippen molar-refractivity contribution < 1.29 is 4.57 Å². The van der Waals surface area contributed by atoms with Crippen molar-refractivity contribution in [2.45, 2.75) is 6.04 Å². The Balaban J connectivity index is 2.36. The van der Waals surface area contributed by atoms with Crippen LogP contribution >= 0.6 is 11.3 Å². The normalized spacial score (nSPS) is 12.3. The number of nitrogens with zero attached hydrogens (tertiary/aromatic N) is 1. The van der Waals surface area contributed by atoms with Gasteiger partial charge in [0.1, 0.15) is 0 Å². The molecule has 1 unspecified atom stereocenters. The molecule has 2 aromatic heterocycles. The van der Waals surface area contributed by atoms with Gasteiger partial charge in [0.25, 0.3) is 0 Å². The zero-order chi connectivity index (χ0) is 9.80. The number of hydrogen-bond donors (Lipinski definition) is 0. The van der Waals surface area contributed by atoms with E-state index in [0.717, 1.165) is 0 Å². The highest BCUT2D eigenvalue weighted by Gasteiger charge is 2.16. The van der Waals surface area contributed by atoms with Crippen LogP contribution in [0.4, 0.5) is 0 Å². The Morgan fingerprint density at radius 3 is 2.57 bits per heavy atom. The van der Waals surface area contributed by atoms with Crippen LogP contribution in [0.3, 0.4) is 0 Å². The molecule has 0 aliphatic rings. The fourth-order valence-electron chi connectivity index (χ4n) is 1.44. The summed E-state index contributed by atoms with van der Waals surface area (Å²) in [5.74, 6) is 0. The van der Waals surface area contributed by atoms with Crippen molar-refractivity contribution in [2.24, 2.45) is 0 Å². The molecule has 0 fully saturated rings. The number of aromatic nitrogens is 1. The second-order valence-corrected chi connectivity index (χ2v) is 4.00. The van der Waals surface area contributed by atoms with E-state index in [0.29, 0.717) is 0 Å². The van der Waals surface area contributed by atoms with Crippen LogP contribution in [0.2, 0.25) is 0 Å². The molecule has 14 heavy (non-hydrogen) atoms. The van der Waals surface area contributed by atoms with Crippen molar-refractivity contribution in [3.05, 3.63) is 65.6 Å². The van der Waals surface area contributed by atoms with Crippen molar-refractivity contribution in [2.75, 3.05) is 0 Å². The molecule has 0 radical (unpaired) electrons. The summed E-state index contributed by atoms with van der Waals surface area (Å²) in [5, 5.41) is 2.09. The van der Waals surface area contributed by atoms with Gasteiger partial charge in [-0.3, -0.25) is 0 Å². The highest BCUT2D eigenvalue weighted by molar-refractivity contribution is 7.10. The Labute approximate surface area is 88.0 Å². The molecule has 0 spiro atoms. The lowest BCUT2D eigenvalue weighted by Crippen LogP contribution is -2.37. The van der Waals surface area contributed by atoms with Crippen molar-refractivity contribution in [1.82, 2.24) is 0 Å². The van der Waals surface area contributed by atoms with Gasteiger partial charge in [-0.25, -0.2) is 0 Å². The predicted octanol–water partition coefficient (Wildman–Crippen LogP) is 2.81. The largest absolute Gasteiger partial charge is 0.210 e. The van der Waals surface area contributed by atoms with Crippen LogP contribution in [-0.2, 0) is 0 Å². The molecule has 0 aliphatic heterocycles. The molecule has 0 saturated carbocycles. The fourth-order valence-corrected chi connectivity index (χ4v) is 2.27. The summed E-state index contributed by atoms with van der Waals surface area (Å²) >= 11 is 1.76. The molecular weight excluding hydrogens is 190 g/mol. The topological polar surface area (TPSA) is 3.88 Å². The summed E-state index contributed by atoms with van der Waals surface area (Å²) in [6.07, 6.45) is 6.09. The quantitative estimate of drug-likeness (QED) is 0.532. The van der Waals surface area contributed by atoms with E-state index in [1.165, 1.54) is 4.88 Å². The molecule has 0 amide bonds. The maximum atomic E-state index is 3.88. The molecule has 0 aliphatic carbocycles. The van der Waals surface area contributed by atoms with Crippen LogP contribution in [0, 0.1) is 0 Å². The lowest BCUT2D eigenvalue weighted by molar-refractivity contribution is -0.702. The van der Waals surface area contributed by atoms with Crippen LogP contribution < -0.4 is 4.57 Å². The number of rotatable bonds is 3. The first-order chi connectivity index (χ1) is 6.92. The molecule has 2 aromatic rings. The van der Waals surface area contributed by atoms with Gasteiger partial charge in [-0.2, -0.15) is 4.57 Å². The van der Waals surface area contributed by atoms with Crippen molar-refractivity contribution in [3.8, 4) is 0 Å². The van der Waals surface area contributed by atoms with Crippen LogP contribution in [0.25, 0.3) is 0 Å². The van der Waals surface area contributed by atoms with E-state index < -0.39 is 0 Å². The van der Waals surface area contributed by atoms with Gasteiger partial charge >= 0.3 is 0 Å². The standard InChI is InChI=1S/C12H12NS/c1-2-11(12-7-6-10-14-12)13-8-4-3-5-9-13/h2-11H,1H2/q+1. The van der Waals surface area contributed by atoms with Gasteiger partial charge in [-0.1, -0.05) is 18.7 Å². The van der Waals surface area contributed by atoms with Crippen LogP contribution in [0.5, 0.6) is 0 Å². The second kappa shape index (κ2) is 4.20. The van der Waals surface area contributed by atoms with Crippen LogP contribution in [0.15, 0.2) is 60.8 Å². The average Bonchev–Trinajstić information content (AvgIpc) is 2.74. The SMILES string of the molecule is C=CC(c1cccs1)[n+]1ccccc1. The molecule has 2 heteroatoms. The van der Waals surface area contributed by atoms with Gasteiger partial charge in [0.15, 0.2) is 12.4 Å². The zero-order valence-corrected chi connectivity index (χ0v) is 8.65. The van der Waals surface area contributed by atoms with Gasteiger partial charge in [0.2, 0.25) is 6.04 Å². The molecule has 0 saturated heterocycles. The smallest absolute Gasteiger partial charge is 0.194 e. The molecule has 1 atom stereocenters. The minimum Gasteiger partial charge on any atom is -0.194 e. The Morgan fingerprint density at radius 2 is 2.00 bits per heavy atom. The van der Waals surface area contributed by atoms with E-state index in [1.807, 2.05) is 24.3 Å². The summed E-state index contributed by atoms with van der Waals surface area (Å²) in [7, 11) is 0. The number of allylic oxidation sites excluding steroid dienone is 1. The molecule has 0 bridgehead atoms. The molecule has 2 rings (SSSR count). The van der Waals surface area contributed by atoms with Gasteiger partial charge in [-0.05, 0) is 17.5 Å². The van der Waals surface area contributed by atoms with Crippen molar-refractivity contribution in [3.63, 3.8) is 0 Å². The van der Waals surface area contributed by atoms with Crippen molar-refractivity contribution in [1.29, 1.82) is 0 Å². The maximum Gasteiger partial charge on any atom is 0.210 e. The van der Waals surface area contributed by atoms with E-state index in [9.17, 15) is 0 Å². The van der Waals surface area contributed by atoms with E-state index in [-0.39, 0.29) is 6.04 Å². The Bertz CT molecular complexity index is 392. The van der Waals surface area contributed by atoms with E-state index in [1.54, 1.807) is 11.3 Å². The summed E-state index contributed by atoms with van der Waals surface area (Å²) in [6.45, 7) is 3.88. The second-order valence-electron chi connectivity index (χ2n) is 3.02. The summed E-state index contributed by atoms with van der Waals surface area (Å²) < 4.78 is 2.15. The van der Waals surface area contributed by atoms with Crippen molar-refractivity contribution >= 4 is 11.3 Å². The Kier molecular flexibility index (Phi) is 2.75. The number of hydrogen-bond acceptors (Lipinski definition) is 1. The first kappa shape index (κ1) is 9.16. The zero-order valence-electron chi connectivity index (χ0n) is 7.84. The average molecular weight is 202 g/mol. The highest BCUT2D eigenvalue weighted by atomic mass is 32.1. The lowest BCUT2D eigenvalue weighted by atomic mass is 10.2. The molecule has 0 N–H and O–H groups in total. The first-order valence-electron chi connectivity index (χ1n) is 4.53. The fraction of sp³-hybridized carbons (Fsp3) is 0.0833. The Morgan fingerprint density at radius 1 is 1.21 bits per heavy atom. The third kappa shape index (κ3) is 1.75. The summed E-state index contributed by atoms with van der Waals surface area (Å²) in [6, 6.07) is 10.5. The van der Waals surface area contributed by atoms with Gasteiger partial charge < -0.3 is 0 Å². The highest BCUT2D eigenvalue weighted by Crippen LogP contribution is 2.18. The lowest BCUT2D eigenvalue weighted by Gasteiger charge is -2.04. The minimum absolute atomic E-state index is 0.260. The first-order valence-corrected chi connectivity index (χ1v) is 5.41. The third-order valence-corrected chi connectivity index (χ3v) is 3.06. The monoisotopic (exact) mass is 202 g/mol. The van der Waals surface area contributed by atoms with E-state index in [2.05, 4.69) is 41.1 Å². The molecule has 2 heterocycles. The predicted molar refractivity (Wildman–Crippen MR) is 59.3 cm³/mol. The molecular formula is C12H12NS+. The number of pyridine rings is 1. The number of thiophene rings is 1. The summed E-state index contributed by atoms with van der Waals surface area (Å²) in [5.41, 5.74) is 0. The third-order valence-electron chi connectivity index (χ3n) is 2.12. The van der Waals surface area contributed by atoms with Gasteiger partial charge in [-0.15, -0.1) is 11.3 Å². The molecule has 1 nitrogen and oxygen atoms in total. The van der Waals surface area contributed by atoms with Crippen LogP contribution in [0.1, 0.15) is 10.9 Å². The van der Waals surface area contributed by atoms with Gasteiger partial charge in [0.05, 0.1) is 4.88 Å². The summed E-state index contributed by atoms with van der Waals surface area (Å²) in [4.78, 5) is 1.32. The molecule has 0 aromatic carbocycles. The molecule has 70 valence electrons.